The molecule has 0 saturated heterocycles. The summed E-state index contributed by atoms with van der Waals surface area (Å²) in [5, 5.41) is 0. The predicted molar refractivity (Wildman–Crippen MR) is 90.8 cm³/mol. The average molecular weight is 373 g/mol. The van der Waals surface area contributed by atoms with Gasteiger partial charge in [-0.2, -0.15) is 0 Å². The molecule has 0 aromatic carbocycles. The van der Waals surface area contributed by atoms with Gasteiger partial charge in [0.15, 0.2) is 0 Å². The molecule has 1 rings (SSSR count). The monoisotopic (exact) mass is 371 g/mol. The van der Waals surface area contributed by atoms with Crippen LogP contribution in [0, 0.1) is 0 Å². The molecule has 1 aliphatic rings. The number of rotatable bonds is 10. The molecule has 21 heavy (non-hydrogen) atoms. The topological polar surface area (TPSA) is 9.72 Å². The fourth-order valence-electron chi connectivity index (χ4n) is 3.99. The van der Waals surface area contributed by atoms with Crippen molar-refractivity contribution < 1.29 is 21.1 Å². The van der Waals surface area contributed by atoms with Crippen molar-refractivity contribution in [2.24, 2.45) is 0 Å². The first-order valence-corrected chi connectivity index (χ1v) is 13.5. The molecule has 0 N–H and O–H groups in total. The minimum absolute atomic E-state index is 0.638. The van der Waals surface area contributed by atoms with Crippen molar-refractivity contribution in [1.82, 2.24) is 8.53 Å². The van der Waals surface area contributed by atoms with Crippen LogP contribution in [0.1, 0.15) is 41.5 Å². The Bertz CT molecular complexity index is 299. The zero-order valence-corrected chi connectivity index (χ0v) is 17.4. The Morgan fingerprint density at radius 1 is 0.619 bits per heavy atom. The van der Waals surface area contributed by atoms with Crippen molar-refractivity contribution in [3.8, 4) is 0 Å². The molecule has 0 atom stereocenters. The molecule has 4 heteroatoms. The standard InChI is InChI=1S/C5H5.3C4H10N.Zr/c1-2-4-5-3-1;3*1-3-5-4-2;/h1-5H;3*3-4H2,1-2H3;/q;3*-1;+3. The molecular formula is C17H35N3Zr. The predicted octanol–water partition coefficient (Wildman–Crippen LogP) is 3.83. The summed E-state index contributed by atoms with van der Waals surface area (Å²) in [6.07, 6.45) is 9.44. The molecule has 0 saturated carbocycles. The van der Waals surface area contributed by atoms with Crippen LogP contribution in [0.3, 0.4) is 0 Å². The SMILES string of the molecule is CC[N](CC)[Zr]([CH]1C=CC=C1)([N](CC)CC)[N](CC)CC. The number of nitrogens with zero attached hydrogens (tertiary/aromatic N) is 3. The maximum atomic E-state index is 2.85. The van der Waals surface area contributed by atoms with Gasteiger partial charge in [0.05, 0.1) is 0 Å². The summed E-state index contributed by atoms with van der Waals surface area (Å²) >= 11 is -2.89. The van der Waals surface area contributed by atoms with Gasteiger partial charge in [-0.15, -0.1) is 0 Å². The fraction of sp³-hybridized carbons (Fsp3) is 0.765. The van der Waals surface area contributed by atoms with Crippen LogP contribution in [0.25, 0.3) is 0 Å². The third-order valence-corrected chi connectivity index (χ3v) is 19.6. The van der Waals surface area contributed by atoms with E-state index in [-0.39, 0.29) is 0 Å². The fourth-order valence-corrected chi connectivity index (χ4v) is 18.7. The van der Waals surface area contributed by atoms with E-state index in [1.165, 1.54) is 0 Å². The van der Waals surface area contributed by atoms with Gasteiger partial charge in [-0.25, -0.2) is 0 Å². The van der Waals surface area contributed by atoms with Gasteiger partial charge >= 0.3 is 138 Å². The Morgan fingerprint density at radius 2 is 0.905 bits per heavy atom. The van der Waals surface area contributed by atoms with Gasteiger partial charge in [0.25, 0.3) is 0 Å². The van der Waals surface area contributed by atoms with Crippen molar-refractivity contribution in [3.63, 3.8) is 0 Å². The molecule has 0 bridgehead atoms. The normalized spacial score (nSPS) is 16.0. The van der Waals surface area contributed by atoms with Crippen LogP contribution in [0.4, 0.5) is 0 Å². The van der Waals surface area contributed by atoms with Crippen LogP contribution in [-0.4, -0.2) is 47.8 Å². The second kappa shape index (κ2) is 9.40. The summed E-state index contributed by atoms with van der Waals surface area (Å²) in [5.41, 5.74) is 0. The molecule has 3 nitrogen and oxygen atoms in total. The van der Waals surface area contributed by atoms with E-state index in [4.69, 9.17) is 0 Å². The molecule has 0 radical (unpaired) electrons. The van der Waals surface area contributed by atoms with Gasteiger partial charge in [-0.3, -0.25) is 0 Å². The van der Waals surface area contributed by atoms with Crippen molar-refractivity contribution >= 4 is 0 Å². The quantitative estimate of drug-likeness (QED) is 0.577. The summed E-state index contributed by atoms with van der Waals surface area (Å²) in [4.78, 5) is 0. The second-order valence-corrected chi connectivity index (χ2v) is 15.2. The molecule has 0 unspecified atom stereocenters. The Kier molecular flexibility index (Phi) is 8.63. The molecule has 1 aliphatic carbocycles. The molecule has 0 fully saturated rings. The van der Waals surface area contributed by atoms with Crippen LogP contribution in [0.2, 0.25) is 3.63 Å². The van der Waals surface area contributed by atoms with Gasteiger partial charge in [-0.1, -0.05) is 0 Å². The van der Waals surface area contributed by atoms with E-state index in [9.17, 15) is 0 Å². The van der Waals surface area contributed by atoms with E-state index in [0.29, 0.717) is 3.63 Å². The molecule has 0 aromatic rings. The molecule has 0 aliphatic heterocycles. The molecule has 0 amide bonds. The summed E-state index contributed by atoms with van der Waals surface area (Å²) in [6, 6.07) is 0. The molecular weight excluding hydrogens is 337 g/mol. The first-order valence-electron chi connectivity index (χ1n) is 8.77. The van der Waals surface area contributed by atoms with E-state index in [2.05, 4.69) is 74.4 Å². The van der Waals surface area contributed by atoms with E-state index in [1.807, 2.05) is 0 Å². The van der Waals surface area contributed by atoms with Crippen molar-refractivity contribution in [3.05, 3.63) is 24.3 Å². The van der Waals surface area contributed by atoms with Crippen LogP contribution in [-0.2, 0) is 21.1 Å². The van der Waals surface area contributed by atoms with Crippen molar-refractivity contribution in [2.45, 2.75) is 45.2 Å². The third kappa shape index (κ3) is 3.60. The van der Waals surface area contributed by atoms with Crippen LogP contribution in [0.5, 0.6) is 0 Å². The summed E-state index contributed by atoms with van der Waals surface area (Å²) in [6.45, 7) is 21.0. The van der Waals surface area contributed by atoms with E-state index >= 15 is 0 Å². The Labute approximate surface area is 138 Å². The van der Waals surface area contributed by atoms with Gasteiger partial charge in [0.1, 0.15) is 0 Å². The second-order valence-electron chi connectivity index (χ2n) is 5.50. The zero-order chi connectivity index (χ0) is 15.9. The minimum atomic E-state index is -2.89. The summed E-state index contributed by atoms with van der Waals surface area (Å²) in [5.74, 6) is 0. The Morgan fingerprint density at radius 3 is 1.14 bits per heavy atom. The summed E-state index contributed by atoms with van der Waals surface area (Å²) < 4.78 is 9.18. The van der Waals surface area contributed by atoms with Crippen molar-refractivity contribution in [1.29, 1.82) is 0 Å². The van der Waals surface area contributed by atoms with Crippen LogP contribution >= 0.6 is 0 Å². The third-order valence-electron chi connectivity index (χ3n) is 4.88. The molecule has 0 spiro atoms. The molecule has 122 valence electrons. The van der Waals surface area contributed by atoms with E-state index < -0.39 is 21.1 Å². The van der Waals surface area contributed by atoms with Crippen molar-refractivity contribution in [2.75, 3.05) is 39.3 Å². The Hall–Kier alpha value is 0.243. The number of hydrogen-bond donors (Lipinski definition) is 0. The maximum absolute atomic E-state index is 2.89. The first kappa shape index (κ1) is 19.3. The van der Waals surface area contributed by atoms with E-state index in [1.54, 1.807) is 0 Å². The van der Waals surface area contributed by atoms with Crippen LogP contribution < -0.4 is 0 Å². The molecule has 0 aromatic heterocycles. The average Bonchev–Trinajstić information content (AvgIpc) is 3.04. The van der Waals surface area contributed by atoms with Gasteiger partial charge in [0, 0.05) is 0 Å². The molecule has 0 heterocycles. The van der Waals surface area contributed by atoms with E-state index in [0.717, 1.165) is 39.3 Å². The van der Waals surface area contributed by atoms with Gasteiger partial charge in [0.2, 0.25) is 0 Å². The Balaban J connectivity index is 3.44. The van der Waals surface area contributed by atoms with Gasteiger partial charge < -0.3 is 0 Å². The van der Waals surface area contributed by atoms with Crippen LogP contribution in [0.15, 0.2) is 24.3 Å². The first-order chi connectivity index (χ1) is 10.2. The van der Waals surface area contributed by atoms with Gasteiger partial charge in [-0.05, 0) is 0 Å². The summed E-state index contributed by atoms with van der Waals surface area (Å²) in [7, 11) is 0. The zero-order valence-electron chi connectivity index (χ0n) is 15.0. The number of hydrogen-bond acceptors (Lipinski definition) is 3. The number of allylic oxidation sites excluding steroid dienone is 4.